The molecule has 18 heavy (non-hydrogen) atoms. The average Bonchev–Trinajstić information content (AvgIpc) is 2.28. The van der Waals surface area contributed by atoms with E-state index >= 15 is 0 Å². The molecule has 0 saturated carbocycles. The zero-order valence-electron chi connectivity index (χ0n) is 11.2. The summed E-state index contributed by atoms with van der Waals surface area (Å²) in [5.74, 6) is -0.776. The summed E-state index contributed by atoms with van der Waals surface area (Å²) in [7, 11) is 0. The Balaban J connectivity index is 2.29. The van der Waals surface area contributed by atoms with Crippen LogP contribution >= 0.6 is 0 Å². The molecule has 1 aliphatic rings. The van der Waals surface area contributed by atoms with Crippen LogP contribution in [0.15, 0.2) is 12.1 Å². The van der Waals surface area contributed by atoms with E-state index in [4.69, 9.17) is 5.11 Å². The number of aryl methyl sites for hydroxylation is 3. The molecule has 1 atom stereocenters. The van der Waals surface area contributed by atoms with Crippen LogP contribution in [0.1, 0.15) is 16.7 Å². The summed E-state index contributed by atoms with van der Waals surface area (Å²) in [6.07, 6.45) is 0. The SMILES string of the molecule is Cc1cc(C)c(N2CCNC(C(=O)O)C2)c(C)c1. The molecule has 2 rings (SSSR count). The first-order chi connectivity index (χ1) is 8.49. The Hall–Kier alpha value is -1.55. The molecule has 1 aromatic carbocycles. The summed E-state index contributed by atoms with van der Waals surface area (Å²) in [5.41, 5.74) is 4.88. The molecule has 0 spiro atoms. The lowest BCUT2D eigenvalue weighted by Crippen LogP contribution is -2.54. The van der Waals surface area contributed by atoms with Crippen LogP contribution in [0.5, 0.6) is 0 Å². The number of carbonyl (C=O) groups is 1. The maximum absolute atomic E-state index is 11.1. The van der Waals surface area contributed by atoms with Gasteiger partial charge in [0, 0.05) is 25.3 Å². The molecule has 1 saturated heterocycles. The second kappa shape index (κ2) is 4.98. The molecule has 1 unspecified atom stereocenters. The fourth-order valence-electron chi connectivity index (χ4n) is 2.79. The second-order valence-electron chi connectivity index (χ2n) is 5.04. The summed E-state index contributed by atoms with van der Waals surface area (Å²) in [4.78, 5) is 13.2. The van der Waals surface area contributed by atoms with E-state index in [9.17, 15) is 4.79 Å². The van der Waals surface area contributed by atoms with E-state index < -0.39 is 12.0 Å². The van der Waals surface area contributed by atoms with Gasteiger partial charge in [-0.25, -0.2) is 0 Å². The van der Waals surface area contributed by atoms with E-state index in [1.807, 2.05) is 0 Å². The number of aliphatic carboxylic acids is 1. The second-order valence-corrected chi connectivity index (χ2v) is 5.04. The smallest absolute Gasteiger partial charge is 0.322 e. The lowest BCUT2D eigenvalue weighted by atomic mass is 10.0. The van der Waals surface area contributed by atoms with Crippen molar-refractivity contribution < 1.29 is 9.90 Å². The largest absolute Gasteiger partial charge is 0.480 e. The van der Waals surface area contributed by atoms with Crippen molar-refractivity contribution >= 4 is 11.7 Å². The molecule has 0 radical (unpaired) electrons. The predicted molar refractivity (Wildman–Crippen MR) is 72.3 cm³/mol. The Labute approximate surface area is 108 Å². The normalized spacial score (nSPS) is 19.9. The minimum atomic E-state index is -0.776. The number of anilines is 1. The van der Waals surface area contributed by atoms with Crippen molar-refractivity contribution in [1.29, 1.82) is 0 Å². The summed E-state index contributed by atoms with van der Waals surface area (Å²) in [6, 6.07) is 3.83. The van der Waals surface area contributed by atoms with Crippen molar-refractivity contribution in [1.82, 2.24) is 5.32 Å². The lowest BCUT2D eigenvalue weighted by Gasteiger charge is -2.35. The first kappa shape index (κ1) is 12.9. The molecular formula is C14H20N2O2. The van der Waals surface area contributed by atoms with Crippen molar-refractivity contribution in [2.75, 3.05) is 24.5 Å². The van der Waals surface area contributed by atoms with Gasteiger partial charge in [-0.1, -0.05) is 17.7 Å². The highest BCUT2D eigenvalue weighted by atomic mass is 16.4. The van der Waals surface area contributed by atoms with Crippen LogP contribution in [0.25, 0.3) is 0 Å². The minimum absolute atomic E-state index is 0.473. The maximum Gasteiger partial charge on any atom is 0.322 e. The van der Waals surface area contributed by atoms with Gasteiger partial charge in [0.25, 0.3) is 0 Å². The number of benzene rings is 1. The van der Waals surface area contributed by atoms with Crippen LogP contribution in [0, 0.1) is 20.8 Å². The number of rotatable bonds is 2. The maximum atomic E-state index is 11.1. The van der Waals surface area contributed by atoms with Gasteiger partial charge in [0.15, 0.2) is 0 Å². The highest BCUT2D eigenvalue weighted by Gasteiger charge is 2.26. The highest BCUT2D eigenvalue weighted by molar-refractivity contribution is 5.75. The number of piperazine rings is 1. The van der Waals surface area contributed by atoms with Gasteiger partial charge in [0.1, 0.15) is 6.04 Å². The minimum Gasteiger partial charge on any atom is -0.480 e. The number of carboxylic acids is 1. The van der Waals surface area contributed by atoms with Crippen molar-refractivity contribution in [2.45, 2.75) is 26.8 Å². The standard InChI is InChI=1S/C14H20N2O2/c1-9-6-10(2)13(11(3)7-9)16-5-4-15-12(8-16)14(17)18/h6-7,12,15H,4-5,8H2,1-3H3,(H,17,18). The summed E-state index contributed by atoms with van der Waals surface area (Å²) < 4.78 is 0. The van der Waals surface area contributed by atoms with Crippen LogP contribution in [0.3, 0.4) is 0 Å². The Morgan fingerprint density at radius 2 is 1.94 bits per heavy atom. The van der Waals surface area contributed by atoms with E-state index in [0.717, 1.165) is 6.54 Å². The molecule has 98 valence electrons. The van der Waals surface area contributed by atoms with Crippen LogP contribution in [0.2, 0.25) is 0 Å². The van der Waals surface area contributed by atoms with Gasteiger partial charge in [-0.15, -0.1) is 0 Å². The van der Waals surface area contributed by atoms with E-state index in [0.29, 0.717) is 13.1 Å². The van der Waals surface area contributed by atoms with Crippen molar-refractivity contribution in [3.8, 4) is 0 Å². The van der Waals surface area contributed by atoms with Crippen LogP contribution < -0.4 is 10.2 Å². The van der Waals surface area contributed by atoms with Crippen molar-refractivity contribution in [3.63, 3.8) is 0 Å². The first-order valence-electron chi connectivity index (χ1n) is 6.28. The Bertz CT molecular complexity index is 448. The number of nitrogens with one attached hydrogen (secondary N) is 1. The Kier molecular flexibility index (Phi) is 3.57. The van der Waals surface area contributed by atoms with Crippen molar-refractivity contribution in [2.24, 2.45) is 0 Å². The zero-order valence-corrected chi connectivity index (χ0v) is 11.2. The molecule has 4 heteroatoms. The number of carboxylic acid groups (broad SMARTS) is 1. The van der Waals surface area contributed by atoms with E-state index in [1.165, 1.54) is 22.4 Å². The molecule has 1 heterocycles. The third-order valence-corrected chi connectivity index (χ3v) is 3.43. The molecule has 1 aromatic rings. The van der Waals surface area contributed by atoms with Crippen molar-refractivity contribution in [3.05, 3.63) is 28.8 Å². The van der Waals surface area contributed by atoms with Gasteiger partial charge < -0.3 is 15.3 Å². The first-order valence-corrected chi connectivity index (χ1v) is 6.28. The van der Waals surface area contributed by atoms with Gasteiger partial charge >= 0.3 is 5.97 Å². The lowest BCUT2D eigenvalue weighted by molar-refractivity contribution is -0.139. The highest BCUT2D eigenvalue weighted by Crippen LogP contribution is 2.27. The van der Waals surface area contributed by atoms with Gasteiger partial charge in [-0.2, -0.15) is 0 Å². The monoisotopic (exact) mass is 248 g/mol. The predicted octanol–water partition coefficient (Wildman–Crippen LogP) is 1.47. The van der Waals surface area contributed by atoms with E-state index in [1.54, 1.807) is 0 Å². The van der Waals surface area contributed by atoms with Gasteiger partial charge in [0.05, 0.1) is 0 Å². The molecule has 1 aliphatic heterocycles. The van der Waals surface area contributed by atoms with E-state index in [2.05, 4.69) is 43.1 Å². The number of nitrogens with zero attached hydrogens (tertiary/aromatic N) is 1. The fraction of sp³-hybridized carbons (Fsp3) is 0.500. The van der Waals surface area contributed by atoms with Crippen LogP contribution in [-0.2, 0) is 4.79 Å². The molecule has 0 aliphatic carbocycles. The molecule has 0 aromatic heterocycles. The molecule has 4 nitrogen and oxygen atoms in total. The Morgan fingerprint density at radius 3 is 2.50 bits per heavy atom. The van der Waals surface area contributed by atoms with Crippen LogP contribution in [-0.4, -0.2) is 36.8 Å². The molecule has 1 fully saturated rings. The average molecular weight is 248 g/mol. The zero-order chi connectivity index (χ0) is 13.3. The van der Waals surface area contributed by atoms with Gasteiger partial charge in [0.2, 0.25) is 0 Å². The molecule has 2 N–H and O–H groups in total. The topological polar surface area (TPSA) is 52.6 Å². The molecule has 0 amide bonds. The number of hydrogen-bond acceptors (Lipinski definition) is 3. The van der Waals surface area contributed by atoms with Gasteiger partial charge in [-0.3, -0.25) is 4.79 Å². The summed E-state index contributed by atoms with van der Waals surface area (Å²) in [5, 5.41) is 12.1. The quantitative estimate of drug-likeness (QED) is 0.832. The third kappa shape index (κ3) is 2.48. The molecular weight excluding hydrogens is 228 g/mol. The summed E-state index contributed by atoms with van der Waals surface area (Å²) in [6.45, 7) is 8.36. The number of hydrogen-bond donors (Lipinski definition) is 2. The molecule has 0 bridgehead atoms. The third-order valence-electron chi connectivity index (χ3n) is 3.43. The van der Waals surface area contributed by atoms with Gasteiger partial charge in [-0.05, 0) is 31.9 Å². The van der Waals surface area contributed by atoms with E-state index in [-0.39, 0.29) is 0 Å². The Morgan fingerprint density at radius 1 is 1.33 bits per heavy atom. The van der Waals surface area contributed by atoms with Crippen LogP contribution in [0.4, 0.5) is 5.69 Å². The fourth-order valence-corrected chi connectivity index (χ4v) is 2.79. The summed E-state index contributed by atoms with van der Waals surface area (Å²) >= 11 is 0.